The third-order valence-corrected chi connectivity index (χ3v) is 5.77. The lowest BCUT2D eigenvalue weighted by atomic mass is 10.2. The van der Waals surface area contributed by atoms with Gasteiger partial charge in [-0.2, -0.15) is 5.26 Å². The van der Waals surface area contributed by atoms with Crippen molar-refractivity contribution < 1.29 is 4.79 Å². The standard InChI is InChI=1S/C18H15N3OS2/c1-10-4-6-13(7-5-10)17-20-15(9-23-17)16(22)21-18-14(8-19)11(2)12(3)24-18/h4-7,9H,1-3H3,(H,21,22). The number of aryl methyl sites for hydroxylation is 2. The summed E-state index contributed by atoms with van der Waals surface area (Å²) in [5.41, 5.74) is 3.98. The van der Waals surface area contributed by atoms with Gasteiger partial charge in [-0.05, 0) is 26.3 Å². The molecule has 2 heterocycles. The smallest absolute Gasteiger partial charge is 0.275 e. The highest BCUT2D eigenvalue weighted by molar-refractivity contribution is 7.16. The normalized spacial score (nSPS) is 10.4. The van der Waals surface area contributed by atoms with Crippen LogP contribution in [0.2, 0.25) is 0 Å². The van der Waals surface area contributed by atoms with Gasteiger partial charge in [-0.15, -0.1) is 22.7 Å². The molecule has 120 valence electrons. The number of carbonyl (C=O) groups excluding carboxylic acids is 1. The molecule has 1 amide bonds. The molecule has 0 fully saturated rings. The summed E-state index contributed by atoms with van der Waals surface area (Å²) in [6, 6.07) is 10.2. The highest BCUT2D eigenvalue weighted by Gasteiger charge is 2.17. The Labute approximate surface area is 148 Å². The molecule has 0 aliphatic rings. The Balaban J connectivity index is 1.83. The summed E-state index contributed by atoms with van der Waals surface area (Å²) in [6.45, 7) is 5.86. The number of nitriles is 1. The number of anilines is 1. The van der Waals surface area contributed by atoms with E-state index in [1.807, 2.05) is 45.0 Å². The number of amides is 1. The summed E-state index contributed by atoms with van der Waals surface area (Å²) in [4.78, 5) is 17.9. The molecule has 6 heteroatoms. The van der Waals surface area contributed by atoms with Crippen LogP contribution in [0.5, 0.6) is 0 Å². The number of nitrogens with zero attached hydrogens (tertiary/aromatic N) is 2. The Kier molecular flexibility index (Phi) is 4.47. The van der Waals surface area contributed by atoms with Crippen molar-refractivity contribution in [1.82, 2.24) is 4.98 Å². The minimum atomic E-state index is -0.289. The average Bonchev–Trinajstić information content (AvgIpc) is 3.14. The number of rotatable bonds is 3. The van der Waals surface area contributed by atoms with Crippen LogP contribution in [0.15, 0.2) is 29.6 Å². The van der Waals surface area contributed by atoms with Crippen molar-refractivity contribution in [2.24, 2.45) is 0 Å². The number of hydrogen-bond acceptors (Lipinski definition) is 5. The van der Waals surface area contributed by atoms with Crippen LogP contribution in [-0.2, 0) is 0 Å². The van der Waals surface area contributed by atoms with E-state index in [0.717, 1.165) is 21.0 Å². The maximum absolute atomic E-state index is 12.4. The van der Waals surface area contributed by atoms with Crippen LogP contribution in [0.25, 0.3) is 10.6 Å². The van der Waals surface area contributed by atoms with Gasteiger partial charge in [0.05, 0.1) is 5.56 Å². The molecule has 2 aromatic heterocycles. The Hall–Kier alpha value is -2.49. The molecule has 3 aromatic rings. The first kappa shape index (κ1) is 16.4. The SMILES string of the molecule is Cc1ccc(-c2nc(C(=O)Nc3sc(C)c(C)c3C#N)cs2)cc1. The van der Waals surface area contributed by atoms with Gasteiger partial charge in [0.1, 0.15) is 21.8 Å². The van der Waals surface area contributed by atoms with Crippen molar-refractivity contribution in [2.45, 2.75) is 20.8 Å². The topological polar surface area (TPSA) is 65.8 Å². The highest BCUT2D eigenvalue weighted by atomic mass is 32.1. The Morgan fingerprint density at radius 1 is 1.21 bits per heavy atom. The van der Waals surface area contributed by atoms with Gasteiger partial charge >= 0.3 is 0 Å². The number of thiophene rings is 1. The zero-order chi connectivity index (χ0) is 17.3. The molecular formula is C18H15N3OS2. The Bertz CT molecular complexity index is 946. The number of carbonyl (C=O) groups is 1. The van der Waals surface area contributed by atoms with Gasteiger partial charge < -0.3 is 5.32 Å². The highest BCUT2D eigenvalue weighted by Crippen LogP contribution is 2.32. The molecule has 24 heavy (non-hydrogen) atoms. The Morgan fingerprint density at radius 3 is 2.58 bits per heavy atom. The maximum Gasteiger partial charge on any atom is 0.275 e. The van der Waals surface area contributed by atoms with E-state index in [1.165, 1.54) is 28.2 Å². The largest absolute Gasteiger partial charge is 0.311 e. The van der Waals surface area contributed by atoms with Gasteiger partial charge in [0.15, 0.2) is 0 Å². The quantitative estimate of drug-likeness (QED) is 0.727. The first-order valence-electron chi connectivity index (χ1n) is 7.33. The molecule has 0 bridgehead atoms. The van der Waals surface area contributed by atoms with Crippen molar-refractivity contribution in [1.29, 1.82) is 5.26 Å². The maximum atomic E-state index is 12.4. The third kappa shape index (κ3) is 3.09. The summed E-state index contributed by atoms with van der Waals surface area (Å²) in [6.07, 6.45) is 0. The lowest BCUT2D eigenvalue weighted by molar-refractivity contribution is 0.102. The van der Waals surface area contributed by atoms with E-state index in [1.54, 1.807) is 5.38 Å². The average molecular weight is 353 g/mol. The first-order valence-corrected chi connectivity index (χ1v) is 9.03. The molecule has 3 rings (SSSR count). The van der Waals surface area contributed by atoms with E-state index in [2.05, 4.69) is 16.4 Å². The van der Waals surface area contributed by atoms with Crippen LogP contribution >= 0.6 is 22.7 Å². The van der Waals surface area contributed by atoms with Crippen molar-refractivity contribution in [2.75, 3.05) is 5.32 Å². The number of aromatic nitrogens is 1. The van der Waals surface area contributed by atoms with Gasteiger partial charge in [0.2, 0.25) is 0 Å². The van der Waals surface area contributed by atoms with Gasteiger partial charge in [-0.3, -0.25) is 4.79 Å². The number of benzene rings is 1. The fourth-order valence-electron chi connectivity index (χ4n) is 2.22. The van der Waals surface area contributed by atoms with E-state index in [9.17, 15) is 10.1 Å². The molecule has 0 aliphatic carbocycles. The van der Waals surface area contributed by atoms with Crippen LogP contribution in [0.3, 0.4) is 0 Å². The third-order valence-electron chi connectivity index (χ3n) is 3.76. The zero-order valence-corrected chi connectivity index (χ0v) is 15.1. The van der Waals surface area contributed by atoms with E-state index >= 15 is 0 Å². The molecular weight excluding hydrogens is 338 g/mol. The molecule has 0 aliphatic heterocycles. The number of hydrogen-bond donors (Lipinski definition) is 1. The number of thiazole rings is 1. The van der Waals surface area contributed by atoms with Gasteiger partial charge in [0, 0.05) is 15.8 Å². The van der Waals surface area contributed by atoms with Crippen molar-refractivity contribution >= 4 is 33.6 Å². The van der Waals surface area contributed by atoms with E-state index in [0.29, 0.717) is 16.3 Å². The molecule has 4 nitrogen and oxygen atoms in total. The second-order valence-corrected chi connectivity index (χ2v) is 7.54. The van der Waals surface area contributed by atoms with E-state index in [4.69, 9.17) is 0 Å². The summed E-state index contributed by atoms with van der Waals surface area (Å²) in [7, 11) is 0. The minimum absolute atomic E-state index is 0.289. The molecule has 0 saturated carbocycles. The zero-order valence-electron chi connectivity index (χ0n) is 13.5. The summed E-state index contributed by atoms with van der Waals surface area (Å²) in [5, 5.41) is 15.2. The van der Waals surface area contributed by atoms with Crippen molar-refractivity contribution in [3.05, 3.63) is 56.9 Å². The van der Waals surface area contributed by atoms with Crippen molar-refractivity contribution in [3.63, 3.8) is 0 Å². The second kappa shape index (κ2) is 6.56. The molecule has 1 aromatic carbocycles. The summed E-state index contributed by atoms with van der Waals surface area (Å²) >= 11 is 2.85. The van der Waals surface area contributed by atoms with Crippen molar-refractivity contribution in [3.8, 4) is 16.6 Å². The predicted octanol–water partition coefficient (Wildman–Crippen LogP) is 4.92. The Morgan fingerprint density at radius 2 is 1.92 bits per heavy atom. The van der Waals surface area contributed by atoms with E-state index in [-0.39, 0.29) is 5.91 Å². The molecule has 1 N–H and O–H groups in total. The predicted molar refractivity (Wildman–Crippen MR) is 98.7 cm³/mol. The minimum Gasteiger partial charge on any atom is -0.311 e. The lowest BCUT2D eigenvalue weighted by Crippen LogP contribution is -2.12. The fourth-order valence-corrected chi connectivity index (χ4v) is 4.04. The van der Waals surface area contributed by atoms with Crippen LogP contribution in [0.1, 0.15) is 32.1 Å². The molecule has 0 spiro atoms. The molecule has 0 atom stereocenters. The summed E-state index contributed by atoms with van der Waals surface area (Å²) in [5.74, 6) is -0.289. The second-order valence-electron chi connectivity index (χ2n) is 5.46. The lowest BCUT2D eigenvalue weighted by Gasteiger charge is -2.00. The van der Waals surface area contributed by atoms with Gasteiger partial charge in [-0.25, -0.2) is 4.98 Å². The fraction of sp³-hybridized carbons (Fsp3) is 0.167. The van der Waals surface area contributed by atoms with Gasteiger partial charge in [0.25, 0.3) is 5.91 Å². The van der Waals surface area contributed by atoms with Crippen LogP contribution in [-0.4, -0.2) is 10.9 Å². The van der Waals surface area contributed by atoms with Crippen LogP contribution in [0.4, 0.5) is 5.00 Å². The van der Waals surface area contributed by atoms with Gasteiger partial charge in [-0.1, -0.05) is 29.8 Å². The van der Waals surface area contributed by atoms with Crippen LogP contribution in [0, 0.1) is 32.1 Å². The first-order chi connectivity index (χ1) is 11.5. The van der Waals surface area contributed by atoms with Crippen LogP contribution < -0.4 is 5.32 Å². The molecule has 0 unspecified atom stereocenters. The monoisotopic (exact) mass is 353 g/mol. The molecule has 0 saturated heterocycles. The molecule has 0 radical (unpaired) electrons. The van der Waals surface area contributed by atoms with E-state index < -0.39 is 0 Å². The number of nitrogens with one attached hydrogen (secondary N) is 1. The summed E-state index contributed by atoms with van der Waals surface area (Å²) < 4.78 is 0.